The molecular formula is C14H16Cl2FN. The first-order valence-corrected chi connectivity index (χ1v) is 6.63. The van der Waals surface area contributed by atoms with E-state index in [2.05, 4.69) is 11.2 Å². The Hall–Kier alpha value is -0.750. The lowest BCUT2D eigenvalue weighted by Crippen LogP contribution is -2.20. The minimum Gasteiger partial charge on any atom is -0.310 e. The molecule has 0 fully saturated rings. The van der Waals surface area contributed by atoms with Crippen LogP contribution in [-0.2, 0) is 0 Å². The molecule has 1 unspecified atom stereocenters. The van der Waals surface area contributed by atoms with Crippen LogP contribution in [0.2, 0.25) is 10.0 Å². The zero-order chi connectivity index (χ0) is 13.5. The zero-order valence-corrected chi connectivity index (χ0v) is 11.8. The lowest BCUT2D eigenvalue weighted by Gasteiger charge is -2.16. The van der Waals surface area contributed by atoms with Crippen molar-refractivity contribution in [1.82, 2.24) is 5.32 Å². The molecule has 0 radical (unpaired) electrons. The third-order valence-corrected chi connectivity index (χ3v) is 3.32. The van der Waals surface area contributed by atoms with Crippen LogP contribution >= 0.6 is 23.2 Å². The number of hydrogen-bond donors (Lipinski definition) is 1. The Balaban J connectivity index is 2.54. The summed E-state index contributed by atoms with van der Waals surface area (Å²) in [6, 6.07) is 2.80. The standard InChI is InChI=1S/C14H16Cl2FN/c1-3-4-5-6-7-18-10(2)11-8-14(17)13(16)9-12(11)15/h1,8-10,18H,4-7H2,2H3. The zero-order valence-electron chi connectivity index (χ0n) is 10.3. The molecule has 1 nitrogen and oxygen atoms in total. The minimum absolute atomic E-state index is 0.0184. The number of nitrogens with one attached hydrogen (secondary N) is 1. The van der Waals surface area contributed by atoms with Gasteiger partial charge in [0.05, 0.1) is 5.02 Å². The first kappa shape index (κ1) is 15.3. The molecule has 1 aromatic rings. The van der Waals surface area contributed by atoms with E-state index in [0.29, 0.717) is 5.02 Å². The summed E-state index contributed by atoms with van der Waals surface area (Å²) in [6.07, 6.45) is 7.93. The first-order valence-electron chi connectivity index (χ1n) is 5.87. The van der Waals surface area contributed by atoms with E-state index < -0.39 is 5.82 Å². The fraction of sp³-hybridized carbons (Fsp3) is 0.429. The molecule has 1 N–H and O–H groups in total. The molecule has 0 spiro atoms. The highest BCUT2D eigenvalue weighted by atomic mass is 35.5. The van der Waals surface area contributed by atoms with Gasteiger partial charge in [-0.25, -0.2) is 4.39 Å². The number of terminal acetylenes is 1. The van der Waals surface area contributed by atoms with Gasteiger partial charge in [0.25, 0.3) is 0 Å². The monoisotopic (exact) mass is 287 g/mol. The van der Waals surface area contributed by atoms with Crippen LogP contribution in [-0.4, -0.2) is 6.54 Å². The third kappa shape index (κ3) is 4.49. The molecule has 1 aromatic carbocycles. The van der Waals surface area contributed by atoms with Gasteiger partial charge in [0.1, 0.15) is 5.82 Å². The van der Waals surface area contributed by atoms with Crippen LogP contribution in [0.3, 0.4) is 0 Å². The first-order chi connectivity index (χ1) is 8.56. The predicted molar refractivity (Wildman–Crippen MR) is 75.5 cm³/mol. The van der Waals surface area contributed by atoms with Crippen molar-refractivity contribution in [3.8, 4) is 12.3 Å². The maximum absolute atomic E-state index is 13.4. The highest BCUT2D eigenvalue weighted by Crippen LogP contribution is 2.28. The Bertz CT molecular complexity index is 440. The average Bonchev–Trinajstić information content (AvgIpc) is 2.33. The Morgan fingerprint density at radius 3 is 2.72 bits per heavy atom. The Morgan fingerprint density at radius 1 is 1.33 bits per heavy atom. The van der Waals surface area contributed by atoms with Gasteiger partial charge in [-0.2, -0.15) is 0 Å². The fourth-order valence-electron chi connectivity index (χ4n) is 1.65. The van der Waals surface area contributed by atoms with E-state index in [4.69, 9.17) is 29.6 Å². The molecule has 1 rings (SSSR count). The summed E-state index contributed by atoms with van der Waals surface area (Å²) in [5.41, 5.74) is 0.718. The summed E-state index contributed by atoms with van der Waals surface area (Å²) in [5.74, 6) is 2.15. The molecule has 0 aliphatic heterocycles. The molecule has 0 aromatic heterocycles. The SMILES string of the molecule is C#CCCCCNC(C)c1cc(F)c(Cl)cc1Cl. The molecule has 0 saturated heterocycles. The summed E-state index contributed by atoms with van der Waals surface area (Å²) in [6.45, 7) is 2.76. The van der Waals surface area contributed by atoms with Crippen LogP contribution in [0.25, 0.3) is 0 Å². The number of hydrogen-bond acceptors (Lipinski definition) is 1. The van der Waals surface area contributed by atoms with Gasteiger partial charge in [0, 0.05) is 17.5 Å². The topological polar surface area (TPSA) is 12.0 Å². The van der Waals surface area contributed by atoms with Gasteiger partial charge in [-0.05, 0) is 44.0 Å². The van der Waals surface area contributed by atoms with Crippen LogP contribution < -0.4 is 5.32 Å². The van der Waals surface area contributed by atoms with Gasteiger partial charge in [-0.15, -0.1) is 12.3 Å². The van der Waals surface area contributed by atoms with E-state index in [1.807, 2.05) is 6.92 Å². The van der Waals surface area contributed by atoms with Crippen molar-refractivity contribution in [3.05, 3.63) is 33.6 Å². The van der Waals surface area contributed by atoms with Gasteiger partial charge >= 0.3 is 0 Å². The van der Waals surface area contributed by atoms with Gasteiger partial charge in [-0.1, -0.05) is 23.2 Å². The van der Waals surface area contributed by atoms with Gasteiger partial charge in [0.15, 0.2) is 0 Å². The van der Waals surface area contributed by atoms with Crippen molar-refractivity contribution in [3.63, 3.8) is 0 Å². The van der Waals surface area contributed by atoms with Crippen molar-refractivity contribution in [2.24, 2.45) is 0 Å². The van der Waals surface area contributed by atoms with Crippen molar-refractivity contribution in [1.29, 1.82) is 0 Å². The van der Waals surface area contributed by atoms with Crippen molar-refractivity contribution < 1.29 is 4.39 Å². The lowest BCUT2D eigenvalue weighted by molar-refractivity contribution is 0.544. The molecule has 0 amide bonds. The molecule has 1 atom stereocenters. The Morgan fingerprint density at radius 2 is 2.06 bits per heavy atom. The maximum Gasteiger partial charge on any atom is 0.142 e. The van der Waals surface area contributed by atoms with Crippen LogP contribution in [0.4, 0.5) is 4.39 Å². The quantitative estimate of drug-likeness (QED) is 0.459. The van der Waals surface area contributed by atoms with E-state index in [1.54, 1.807) is 0 Å². The molecule has 0 bridgehead atoms. The molecular weight excluding hydrogens is 272 g/mol. The number of halogens is 3. The van der Waals surface area contributed by atoms with Gasteiger partial charge in [-0.3, -0.25) is 0 Å². The number of benzene rings is 1. The fourth-order valence-corrected chi connectivity index (χ4v) is 2.20. The smallest absolute Gasteiger partial charge is 0.142 e. The molecule has 0 aliphatic carbocycles. The van der Waals surface area contributed by atoms with Crippen LogP contribution in [0.15, 0.2) is 12.1 Å². The second-order valence-corrected chi connectivity index (χ2v) is 4.94. The third-order valence-electron chi connectivity index (χ3n) is 2.70. The van der Waals surface area contributed by atoms with E-state index >= 15 is 0 Å². The minimum atomic E-state index is -0.447. The average molecular weight is 288 g/mol. The van der Waals surface area contributed by atoms with E-state index in [9.17, 15) is 4.39 Å². The second kappa shape index (κ2) is 7.63. The number of rotatable bonds is 6. The molecule has 18 heavy (non-hydrogen) atoms. The Labute approximate surface area is 118 Å². The molecule has 0 heterocycles. The van der Waals surface area contributed by atoms with Gasteiger partial charge in [0.2, 0.25) is 0 Å². The maximum atomic E-state index is 13.4. The van der Waals surface area contributed by atoms with E-state index in [1.165, 1.54) is 12.1 Å². The number of unbranched alkanes of at least 4 members (excludes halogenated alkanes) is 2. The predicted octanol–water partition coefficient (Wildman–Crippen LogP) is 4.59. The summed E-state index contributed by atoms with van der Waals surface area (Å²) >= 11 is 11.7. The summed E-state index contributed by atoms with van der Waals surface area (Å²) in [4.78, 5) is 0. The largest absolute Gasteiger partial charge is 0.310 e. The van der Waals surface area contributed by atoms with Crippen LogP contribution in [0, 0.1) is 18.2 Å². The van der Waals surface area contributed by atoms with E-state index in [-0.39, 0.29) is 11.1 Å². The Kier molecular flexibility index (Phi) is 6.49. The molecule has 0 aliphatic rings. The van der Waals surface area contributed by atoms with Crippen molar-refractivity contribution in [2.75, 3.05) is 6.54 Å². The summed E-state index contributed by atoms with van der Waals surface area (Å²) in [7, 11) is 0. The lowest BCUT2D eigenvalue weighted by atomic mass is 10.1. The second-order valence-electron chi connectivity index (χ2n) is 4.12. The summed E-state index contributed by atoms with van der Waals surface area (Å²) < 4.78 is 13.4. The normalized spacial score (nSPS) is 12.2. The van der Waals surface area contributed by atoms with Crippen LogP contribution in [0.5, 0.6) is 0 Å². The van der Waals surface area contributed by atoms with Gasteiger partial charge < -0.3 is 5.32 Å². The highest BCUT2D eigenvalue weighted by Gasteiger charge is 2.12. The summed E-state index contributed by atoms with van der Waals surface area (Å²) in [5, 5.41) is 3.81. The molecule has 4 heteroatoms. The van der Waals surface area contributed by atoms with E-state index in [0.717, 1.165) is 31.4 Å². The van der Waals surface area contributed by atoms with Crippen molar-refractivity contribution >= 4 is 23.2 Å². The van der Waals surface area contributed by atoms with Crippen molar-refractivity contribution in [2.45, 2.75) is 32.2 Å². The molecule has 0 saturated carbocycles. The molecule has 98 valence electrons. The highest BCUT2D eigenvalue weighted by molar-refractivity contribution is 6.35. The van der Waals surface area contributed by atoms with Crippen LogP contribution in [0.1, 0.15) is 37.8 Å².